The second-order valence-corrected chi connectivity index (χ2v) is 7.72. The van der Waals surface area contributed by atoms with E-state index in [4.69, 9.17) is 15.3 Å². The van der Waals surface area contributed by atoms with E-state index in [1.807, 2.05) is 12.1 Å². The molecule has 0 radical (unpaired) electrons. The summed E-state index contributed by atoms with van der Waals surface area (Å²) in [6, 6.07) is 3.96. The van der Waals surface area contributed by atoms with Gasteiger partial charge in [0.2, 0.25) is 0 Å². The number of hydrogen-bond acceptors (Lipinski definition) is 5. The molecule has 1 rings (SSSR count). The highest BCUT2D eigenvalue weighted by Crippen LogP contribution is 2.40. The Morgan fingerprint density at radius 1 is 1.04 bits per heavy atom. The van der Waals surface area contributed by atoms with Gasteiger partial charge in [0.25, 0.3) is 5.91 Å². The second-order valence-electron chi connectivity index (χ2n) is 7.72. The van der Waals surface area contributed by atoms with Gasteiger partial charge in [-0.25, -0.2) is 0 Å². The zero-order chi connectivity index (χ0) is 18.9. The van der Waals surface area contributed by atoms with E-state index in [1.165, 1.54) is 4.90 Å². The van der Waals surface area contributed by atoms with Crippen LogP contribution < -0.4 is 0 Å². The molecule has 0 aromatic carbocycles. The van der Waals surface area contributed by atoms with E-state index in [-0.39, 0.29) is 55.7 Å². The van der Waals surface area contributed by atoms with Crippen molar-refractivity contribution in [1.82, 2.24) is 4.90 Å². The number of carbonyl (C=O) groups excluding carboxylic acids is 2. The fraction of sp³-hybridized carbons (Fsp3) is 0.789. The summed E-state index contributed by atoms with van der Waals surface area (Å²) in [6.45, 7) is 6.88. The summed E-state index contributed by atoms with van der Waals surface area (Å²) in [5.74, 6) is -0.160. The number of nitrogens with zero attached hydrogens (tertiary/aromatic N) is 3. The Morgan fingerprint density at radius 2 is 1.56 bits per heavy atom. The lowest BCUT2D eigenvalue weighted by Gasteiger charge is -2.36. The lowest BCUT2D eigenvalue weighted by atomic mass is 9.70. The average molecular weight is 347 g/mol. The first kappa shape index (κ1) is 21.0. The summed E-state index contributed by atoms with van der Waals surface area (Å²) in [6.07, 6.45) is 4.02. The zero-order valence-electron chi connectivity index (χ0n) is 15.6. The van der Waals surface area contributed by atoms with Crippen LogP contribution in [0, 0.1) is 39.9 Å². The van der Waals surface area contributed by atoms with Crippen molar-refractivity contribution >= 4 is 11.9 Å². The number of amides is 1. The van der Waals surface area contributed by atoms with E-state index >= 15 is 0 Å². The van der Waals surface area contributed by atoms with Crippen LogP contribution in [0.15, 0.2) is 0 Å². The van der Waals surface area contributed by atoms with Crippen LogP contribution in [0.5, 0.6) is 0 Å². The number of esters is 1. The molecule has 1 amide bonds. The molecule has 0 unspecified atom stereocenters. The van der Waals surface area contributed by atoms with E-state index in [2.05, 4.69) is 20.8 Å². The fourth-order valence-corrected chi connectivity index (χ4v) is 3.27. The molecule has 0 atom stereocenters. The quantitative estimate of drug-likeness (QED) is 0.660. The van der Waals surface area contributed by atoms with Crippen molar-refractivity contribution in [2.24, 2.45) is 17.3 Å². The van der Waals surface area contributed by atoms with Gasteiger partial charge in [-0.05, 0) is 37.0 Å². The molecule has 0 saturated heterocycles. The van der Waals surface area contributed by atoms with Gasteiger partial charge in [-0.3, -0.25) is 9.59 Å². The Hall–Kier alpha value is -2.08. The molecule has 1 aliphatic rings. The molecule has 0 aromatic rings. The number of carbonyl (C=O) groups is 2. The predicted octanol–water partition coefficient (Wildman–Crippen LogP) is 3.04. The number of rotatable bonds is 7. The Bertz CT molecular complexity index is 514. The molecule has 1 saturated carbocycles. The van der Waals surface area contributed by atoms with Gasteiger partial charge < -0.3 is 9.64 Å². The van der Waals surface area contributed by atoms with Gasteiger partial charge in [0.05, 0.1) is 30.9 Å². The summed E-state index contributed by atoms with van der Waals surface area (Å²) < 4.78 is 5.21. The van der Waals surface area contributed by atoms with Crippen LogP contribution in [-0.4, -0.2) is 36.5 Å². The molecule has 25 heavy (non-hydrogen) atoms. The third kappa shape index (κ3) is 7.13. The molecule has 1 fully saturated rings. The highest BCUT2D eigenvalue weighted by molar-refractivity contribution is 5.81. The maximum atomic E-state index is 12.2. The summed E-state index contributed by atoms with van der Waals surface area (Å²) in [5, 5.41) is 17.3. The van der Waals surface area contributed by atoms with Crippen LogP contribution in [0.4, 0.5) is 0 Å². The van der Waals surface area contributed by atoms with E-state index in [0.717, 1.165) is 25.7 Å². The van der Waals surface area contributed by atoms with Crippen molar-refractivity contribution in [2.45, 2.75) is 59.3 Å². The Balaban J connectivity index is 2.43. The van der Waals surface area contributed by atoms with Crippen LogP contribution in [0.25, 0.3) is 0 Å². The molecule has 0 N–H and O–H groups in total. The Kier molecular flexibility index (Phi) is 8.41. The monoisotopic (exact) mass is 347 g/mol. The van der Waals surface area contributed by atoms with Crippen LogP contribution in [0.3, 0.4) is 0 Å². The molecule has 0 aliphatic heterocycles. The maximum absolute atomic E-state index is 12.2. The minimum absolute atomic E-state index is 0.127. The van der Waals surface area contributed by atoms with Gasteiger partial charge in [-0.1, -0.05) is 20.8 Å². The van der Waals surface area contributed by atoms with Crippen LogP contribution in [0.2, 0.25) is 0 Å². The third-order valence-corrected chi connectivity index (χ3v) is 4.96. The van der Waals surface area contributed by atoms with Crippen LogP contribution in [0.1, 0.15) is 59.3 Å². The lowest BCUT2D eigenvalue weighted by molar-refractivity contribution is -0.156. The molecule has 0 bridgehead atoms. The van der Waals surface area contributed by atoms with Crippen molar-refractivity contribution in [1.29, 1.82) is 10.5 Å². The highest BCUT2D eigenvalue weighted by Gasteiger charge is 2.33. The fourth-order valence-electron chi connectivity index (χ4n) is 3.27. The summed E-state index contributed by atoms with van der Waals surface area (Å²) in [7, 11) is 0. The summed E-state index contributed by atoms with van der Waals surface area (Å²) >= 11 is 0. The first-order chi connectivity index (χ1) is 11.8. The Labute approximate surface area is 150 Å². The number of ether oxygens (including phenoxy) is 1. The van der Waals surface area contributed by atoms with Gasteiger partial charge >= 0.3 is 5.97 Å². The van der Waals surface area contributed by atoms with Gasteiger partial charge in [0, 0.05) is 13.1 Å². The van der Waals surface area contributed by atoms with Gasteiger partial charge in [-0.15, -0.1) is 0 Å². The van der Waals surface area contributed by atoms with Crippen LogP contribution >= 0.6 is 0 Å². The minimum atomic E-state index is -0.345. The molecule has 0 heterocycles. The van der Waals surface area contributed by atoms with Crippen molar-refractivity contribution in [2.75, 3.05) is 19.7 Å². The predicted molar refractivity (Wildman–Crippen MR) is 92.9 cm³/mol. The number of nitriles is 2. The SMILES string of the molecule is CC(C)(C)C1CCC(C(=O)OCC(=O)N(CCC#N)CCC#N)CC1. The smallest absolute Gasteiger partial charge is 0.309 e. The maximum Gasteiger partial charge on any atom is 0.309 e. The minimum Gasteiger partial charge on any atom is -0.455 e. The molecule has 6 nitrogen and oxygen atoms in total. The van der Waals surface area contributed by atoms with Crippen LogP contribution in [-0.2, 0) is 14.3 Å². The third-order valence-electron chi connectivity index (χ3n) is 4.96. The van der Waals surface area contributed by atoms with E-state index in [0.29, 0.717) is 5.92 Å². The molecular formula is C19H29N3O3. The second kappa shape index (κ2) is 10.0. The number of hydrogen-bond donors (Lipinski definition) is 0. The molecule has 1 aliphatic carbocycles. The van der Waals surface area contributed by atoms with Crippen molar-refractivity contribution < 1.29 is 14.3 Å². The van der Waals surface area contributed by atoms with Gasteiger partial charge in [-0.2, -0.15) is 10.5 Å². The average Bonchev–Trinajstić information content (AvgIpc) is 2.59. The Morgan fingerprint density at radius 3 is 2.00 bits per heavy atom. The zero-order valence-corrected chi connectivity index (χ0v) is 15.6. The largest absolute Gasteiger partial charge is 0.455 e. The topological polar surface area (TPSA) is 94.2 Å². The normalized spacial score (nSPS) is 20.2. The molecule has 138 valence electrons. The van der Waals surface area contributed by atoms with Gasteiger partial charge in [0.15, 0.2) is 6.61 Å². The van der Waals surface area contributed by atoms with E-state index in [1.54, 1.807) is 0 Å². The standard InChI is InChI=1S/C19H29N3O3/c1-19(2,3)16-8-6-15(7-9-16)18(24)25-14-17(23)22(12-4-10-20)13-5-11-21/h15-16H,4-9,12-14H2,1-3H3. The first-order valence-electron chi connectivity index (χ1n) is 8.98. The molecular weight excluding hydrogens is 318 g/mol. The summed E-state index contributed by atoms with van der Waals surface area (Å²) in [4.78, 5) is 25.8. The molecule has 0 spiro atoms. The van der Waals surface area contributed by atoms with E-state index in [9.17, 15) is 9.59 Å². The lowest BCUT2D eigenvalue weighted by Crippen LogP contribution is -2.37. The van der Waals surface area contributed by atoms with Crippen molar-refractivity contribution in [3.63, 3.8) is 0 Å². The highest BCUT2D eigenvalue weighted by atomic mass is 16.5. The van der Waals surface area contributed by atoms with Crippen molar-refractivity contribution in [3.8, 4) is 12.1 Å². The van der Waals surface area contributed by atoms with Gasteiger partial charge in [0.1, 0.15) is 0 Å². The molecule has 0 aromatic heterocycles. The summed E-state index contributed by atoms with van der Waals surface area (Å²) in [5.41, 5.74) is 0.257. The van der Waals surface area contributed by atoms with Crippen molar-refractivity contribution in [3.05, 3.63) is 0 Å². The molecule has 6 heteroatoms. The van der Waals surface area contributed by atoms with E-state index < -0.39 is 0 Å². The first-order valence-corrected chi connectivity index (χ1v) is 8.98.